The van der Waals surface area contributed by atoms with Gasteiger partial charge in [0.2, 0.25) is 0 Å². The first-order valence-electron chi connectivity index (χ1n) is 10.1. The van der Waals surface area contributed by atoms with Crippen LogP contribution in [0.4, 0.5) is 10.2 Å². The van der Waals surface area contributed by atoms with Crippen LogP contribution < -0.4 is 5.32 Å². The average molecular weight is 451 g/mol. The van der Waals surface area contributed by atoms with Crippen molar-refractivity contribution in [2.45, 2.75) is 12.8 Å². The molecule has 1 amide bonds. The second kappa shape index (κ2) is 9.28. The summed E-state index contributed by atoms with van der Waals surface area (Å²) in [5.74, 6) is -0.647. The number of Topliss-reactive ketones (excluding diaryl/α,β-unsaturated/α-hetero) is 1. The number of benzene rings is 2. The normalized spacial score (nSPS) is 12.8. The third-order valence-electron chi connectivity index (χ3n) is 5.29. The van der Waals surface area contributed by atoms with Gasteiger partial charge in [0.05, 0.1) is 5.02 Å². The maximum absolute atomic E-state index is 13.9. The van der Waals surface area contributed by atoms with Crippen molar-refractivity contribution < 1.29 is 14.0 Å². The van der Waals surface area contributed by atoms with Crippen LogP contribution in [0.25, 0.3) is 0 Å². The maximum atomic E-state index is 13.9. The van der Waals surface area contributed by atoms with Crippen molar-refractivity contribution in [3.63, 3.8) is 0 Å². The van der Waals surface area contributed by atoms with Gasteiger partial charge >= 0.3 is 0 Å². The molecular formula is C24H20ClFN4O2. The highest BCUT2D eigenvalue weighted by molar-refractivity contribution is 6.30. The minimum atomic E-state index is -0.579. The van der Waals surface area contributed by atoms with Crippen molar-refractivity contribution in [2.24, 2.45) is 0 Å². The molecule has 8 heteroatoms. The molecule has 2 aromatic carbocycles. The summed E-state index contributed by atoms with van der Waals surface area (Å²) in [5.41, 5.74) is 1.67. The van der Waals surface area contributed by atoms with Crippen LogP contribution in [0, 0.1) is 11.2 Å². The predicted molar refractivity (Wildman–Crippen MR) is 121 cm³/mol. The Labute approximate surface area is 189 Å². The summed E-state index contributed by atoms with van der Waals surface area (Å²) in [7, 11) is 0. The summed E-state index contributed by atoms with van der Waals surface area (Å²) in [6, 6.07) is 13.7. The van der Waals surface area contributed by atoms with E-state index in [9.17, 15) is 14.0 Å². The SMILES string of the molecule is N=C(c1ccc(C(=O)Cc2ccc(F)cc2C(=O)Nc2ccc(Cl)cn2)cc1)N1CCC1. The maximum Gasteiger partial charge on any atom is 0.257 e. The fourth-order valence-corrected chi connectivity index (χ4v) is 3.47. The zero-order chi connectivity index (χ0) is 22.7. The molecule has 1 aromatic heterocycles. The number of amides is 1. The molecule has 4 rings (SSSR count). The van der Waals surface area contributed by atoms with E-state index in [1.807, 2.05) is 4.90 Å². The van der Waals surface area contributed by atoms with E-state index < -0.39 is 11.7 Å². The van der Waals surface area contributed by atoms with E-state index in [0.717, 1.165) is 31.1 Å². The number of nitrogens with one attached hydrogen (secondary N) is 2. The van der Waals surface area contributed by atoms with Crippen LogP contribution >= 0.6 is 11.6 Å². The molecule has 2 heterocycles. The highest BCUT2D eigenvalue weighted by Gasteiger charge is 2.20. The van der Waals surface area contributed by atoms with Crippen LogP contribution in [0.2, 0.25) is 5.02 Å². The van der Waals surface area contributed by atoms with E-state index >= 15 is 0 Å². The molecule has 3 aromatic rings. The van der Waals surface area contributed by atoms with Crippen LogP contribution in [0.5, 0.6) is 0 Å². The van der Waals surface area contributed by atoms with Crippen molar-refractivity contribution in [3.8, 4) is 0 Å². The first-order chi connectivity index (χ1) is 15.4. The number of amidine groups is 1. The number of hydrogen-bond donors (Lipinski definition) is 2. The van der Waals surface area contributed by atoms with Gasteiger partial charge in [-0.3, -0.25) is 15.0 Å². The predicted octanol–water partition coefficient (Wildman–Crippen LogP) is 4.58. The Bertz CT molecular complexity index is 1180. The molecule has 1 fully saturated rings. The Balaban J connectivity index is 1.49. The number of hydrogen-bond acceptors (Lipinski definition) is 4. The standard InChI is InChI=1S/C24H20ClFN4O2/c25-18-7-9-22(28-14-18)29-24(32)20-13-19(26)8-6-17(20)12-21(31)15-2-4-16(5-3-15)23(27)30-10-1-11-30/h2-9,13-14,27H,1,10-12H2,(H,28,29,32). The van der Waals surface area contributed by atoms with Gasteiger partial charge in [-0.1, -0.05) is 41.9 Å². The Morgan fingerprint density at radius 3 is 2.41 bits per heavy atom. The lowest BCUT2D eigenvalue weighted by Gasteiger charge is -2.33. The van der Waals surface area contributed by atoms with E-state index in [1.54, 1.807) is 30.3 Å². The van der Waals surface area contributed by atoms with Gasteiger partial charge in [0.1, 0.15) is 17.5 Å². The molecule has 1 aliphatic heterocycles. The number of carbonyl (C=O) groups excluding carboxylic acids is 2. The number of pyridine rings is 1. The molecule has 0 atom stereocenters. The highest BCUT2D eigenvalue weighted by atomic mass is 35.5. The minimum Gasteiger partial charge on any atom is -0.356 e. The highest BCUT2D eigenvalue weighted by Crippen LogP contribution is 2.19. The van der Waals surface area contributed by atoms with E-state index in [0.29, 0.717) is 22.0 Å². The van der Waals surface area contributed by atoms with Crippen LogP contribution in [0.15, 0.2) is 60.8 Å². The van der Waals surface area contributed by atoms with Crippen LogP contribution in [0.1, 0.15) is 38.3 Å². The molecule has 1 saturated heterocycles. The number of ketones is 1. The fourth-order valence-electron chi connectivity index (χ4n) is 3.36. The molecule has 32 heavy (non-hydrogen) atoms. The lowest BCUT2D eigenvalue weighted by molar-refractivity contribution is 0.0992. The molecular weight excluding hydrogens is 431 g/mol. The molecule has 0 bridgehead atoms. The van der Waals surface area contributed by atoms with Crippen LogP contribution in [-0.4, -0.2) is 40.5 Å². The van der Waals surface area contributed by atoms with Crippen molar-refractivity contribution in [3.05, 3.63) is 93.9 Å². The zero-order valence-corrected chi connectivity index (χ0v) is 17.8. The summed E-state index contributed by atoms with van der Waals surface area (Å²) in [6.45, 7) is 1.75. The first kappa shape index (κ1) is 21.6. The minimum absolute atomic E-state index is 0.0614. The van der Waals surface area contributed by atoms with Crippen molar-refractivity contribution in [2.75, 3.05) is 18.4 Å². The number of rotatable bonds is 6. The van der Waals surface area contributed by atoms with Crippen LogP contribution in [0.3, 0.4) is 0 Å². The number of carbonyl (C=O) groups is 2. The molecule has 0 spiro atoms. The van der Waals surface area contributed by atoms with E-state index in [4.69, 9.17) is 17.0 Å². The number of likely N-dealkylation sites (tertiary alicyclic amines) is 1. The van der Waals surface area contributed by atoms with Gasteiger partial charge in [0.15, 0.2) is 5.78 Å². The Morgan fingerprint density at radius 2 is 1.78 bits per heavy atom. The van der Waals surface area contributed by atoms with Crippen molar-refractivity contribution >= 4 is 34.9 Å². The summed E-state index contributed by atoms with van der Waals surface area (Å²) < 4.78 is 13.9. The molecule has 2 N–H and O–H groups in total. The topological polar surface area (TPSA) is 86.1 Å². The van der Waals surface area contributed by atoms with Gasteiger partial charge in [0, 0.05) is 42.4 Å². The molecule has 0 aliphatic carbocycles. The van der Waals surface area contributed by atoms with E-state index in [2.05, 4.69) is 10.3 Å². The van der Waals surface area contributed by atoms with Gasteiger partial charge in [0.25, 0.3) is 5.91 Å². The first-order valence-corrected chi connectivity index (χ1v) is 10.5. The van der Waals surface area contributed by atoms with Gasteiger partial charge < -0.3 is 10.2 Å². The third-order valence-corrected chi connectivity index (χ3v) is 5.51. The Morgan fingerprint density at radius 1 is 1.06 bits per heavy atom. The zero-order valence-electron chi connectivity index (χ0n) is 17.1. The lowest BCUT2D eigenvalue weighted by atomic mass is 9.97. The third kappa shape index (κ3) is 4.84. The Hall–Kier alpha value is -3.58. The molecule has 0 unspecified atom stereocenters. The quantitative estimate of drug-likeness (QED) is 0.327. The molecule has 0 saturated carbocycles. The van der Waals surface area contributed by atoms with Gasteiger partial charge in [-0.25, -0.2) is 9.37 Å². The van der Waals surface area contributed by atoms with Gasteiger partial charge in [-0.2, -0.15) is 0 Å². The van der Waals surface area contributed by atoms with Crippen molar-refractivity contribution in [1.29, 1.82) is 5.41 Å². The largest absolute Gasteiger partial charge is 0.356 e. The van der Waals surface area contributed by atoms with Gasteiger partial charge in [-0.15, -0.1) is 0 Å². The number of aromatic nitrogens is 1. The summed E-state index contributed by atoms with van der Waals surface area (Å²) in [4.78, 5) is 31.5. The van der Waals surface area contributed by atoms with E-state index in [-0.39, 0.29) is 23.6 Å². The summed E-state index contributed by atoms with van der Waals surface area (Å²) in [6.07, 6.45) is 2.40. The molecule has 1 aliphatic rings. The molecule has 6 nitrogen and oxygen atoms in total. The smallest absolute Gasteiger partial charge is 0.257 e. The van der Waals surface area contributed by atoms with Gasteiger partial charge in [-0.05, 0) is 36.2 Å². The second-order valence-corrected chi connectivity index (χ2v) is 7.92. The van der Waals surface area contributed by atoms with Crippen LogP contribution in [-0.2, 0) is 6.42 Å². The number of nitrogens with zero attached hydrogens (tertiary/aromatic N) is 2. The van der Waals surface area contributed by atoms with E-state index in [1.165, 1.54) is 24.4 Å². The average Bonchev–Trinajstić information content (AvgIpc) is 2.75. The summed E-state index contributed by atoms with van der Waals surface area (Å²) in [5, 5.41) is 11.2. The van der Waals surface area contributed by atoms with Crippen molar-refractivity contribution in [1.82, 2.24) is 9.88 Å². The Kier molecular flexibility index (Phi) is 6.28. The number of anilines is 1. The molecule has 162 valence electrons. The number of halogens is 2. The lowest BCUT2D eigenvalue weighted by Crippen LogP contribution is -2.42. The monoisotopic (exact) mass is 450 g/mol. The molecule has 0 radical (unpaired) electrons. The fraction of sp³-hybridized carbons (Fsp3) is 0.167. The summed E-state index contributed by atoms with van der Waals surface area (Å²) >= 11 is 5.80. The second-order valence-electron chi connectivity index (χ2n) is 7.48.